The molecule has 0 atom stereocenters. The first-order valence-electron chi connectivity index (χ1n) is 7.04. The zero-order chi connectivity index (χ0) is 15.9. The van der Waals surface area contributed by atoms with Crippen LogP contribution < -0.4 is 10.1 Å². The van der Waals surface area contributed by atoms with E-state index in [1.54, 1.807) is 12.1 Å². The molecule has 2 rings (SSSR count). The number of rotatable bonds is 7. The van der Waals surface area contributed by atoms with Crippen LogP contribution in [-0.2, 0) is 11.2 Å². The molecule has 0 bridgehead atoms. The fraction of sp³-hybridized carbons (Fsp3) is 0.400. The third-order valence-corrected chi connectivity index (χ3v) is 3.89. The first-order valence-corrected chi connectivity index (χ1v) is 8.23. The second kappa shape index (κ2) is 8.10. The number of amides is 1. The first kappa shape index (κ1) is 16.7. The standard InChI is InChI=1S/C15H18ClN3O2S/c1-10(2)9-14-18-19-15(22-14)17-13(20)7-8-21-12-6-4-3-5-11(12)16/h3-6,10H,7-9H2,1-2H3,(H,17,19,20). The Morgan fingerprint density at radius 2 is 2.14 bits per heavy atom. The van der Waals surface area contributed by atoms with Crippen LogP contribution in [0.5, 0.6) is 5.75 Å². The van der Waals surface area contributed by atoms with E-state index in [0.29, 0.717) is 21.8 Å². The van der Waals surface area contributed by atoms with Gasteiger partial charge in [0.2, 0.25) is 11.0 Å². The maximum Gasteiger partial charge on any atom is 0.229 e. The van der Waals surface area contributed by atoms with E-state index < -0.39 is 0 Å². The number of nitrogens with one attached hydrogen (secondary N) is 1. The number of nitrogens with zero attached hydrogens (tertiary/aromatic N) is 2. The maximum absolute atomic E-state index is 11.8. The van der Waals surface area contributed by atoms with Crippen molar-refractivity contribution in [3.8, 4) is 5.75 Å². The van der Waals surface area contributed by atoms with Crippen LogP contribution >= 0.6 is 22.9 Å². The van der Waals surface area contributed by atoms with Gasteiger partial charge in [-0.1, -0.05) is 48.9 Å². The third kappa shape index (κ3) is 5.27. The number of aromatic nitrogens is 2. The van der Waals surface area contributed by atoms with Crippen molar-refractivity contribution in [3.63, 3.8) is 0 Å². The summed E-state index contributed by atoms with van der Waals surface area (Å²) in [5, 5.41) is 12.7. The fourth-order valence-electron chi connectivity index (χ4n) is 1.73. The van der Waals surface area contributed by atoms with Gasteiger partial charge in [-0.15, -0.1) is 10.2 Å². The number of para-hydroxylation sites is 1. The monoisotopic (exact) mass is 339 g/mol. The second-order valence-corrected chi connectivity index (χ2v) is 6.65. The molecular weight excluding hydrogens is 322 g/mol. The van der Waals surface area contributed by atoms with Gasteiger partial charge in [0.25, 0.3) is 0 Å². The minimum atomic E-state index is -0.153. The number of carbonyl (C=O) groups excluding carboxylic acids is 1. The van der Waals surface area contributed by atoms with Crippen molar-refractivity contribution < 1.29 is 9.53 Å². The molecule has 0 spiro atoms. The molecule has 2 aromatic rings. The van der Waals surface area contributed by atoms with Crippen molar-refractivity contribution in [2.75, 3.05) is 11.9 Å². The summed E-state index contributed by atoms with van der Waals surface area (Å²) < 4.78 is 5.48. The highest BCUT2D eigenvalue weighted by Crippen LogP contribution is 2.23. The van der Waals surface area contributed by atoms with Crippen LogP contribution in [0.4, 0.5) is 5.13 Å². The number of carbonyl (C=O) groups is 1. The van der Waals surface area contributed by atoms with Crippen molar-refractivity contribution in [2.45, 2.75) is 26.7 Å². The van der Waals surface area contributed by atoms with Crippen LogP contribution in [0.2, 0.25) is 5.02 Å². The van der Waals surface area contributed by atoms with Gasteiger partial charge in [-0.3, -0.25) is 4.79 Å². The molecule has 5 nitrogen and oxygen atoms in total. The van der Waals surface area contributed by atoms with Gasteiger partial charge in [-0.2, -0.15) is 0 Å². The molecule has 0 saturated heterocycles. The second-order valence-electron chi connectivity index (χ2n) is 5.18. The molecular formula is C15H18ClN3O2S. The molecule has 7 heteroatoms. The molecule has 0 aliphatic rings. The summed E-state index contributed by atoms with van der Waals surface area (Å²) in [6, 6.07) is 7.17. The lowest BCUT2D eigenvalue weighted by Gasteiger charge is -2.07. The summed E-state index contributed by atoms with van der Waals surface area (Å²) in [5.74, 6) is 0.937. The number of hydrogen-bond donors (Lipinski definition) is 1. The van der Waals surface area contributed by atoms with Crippen molar-refractivity contribution in [3.05, 3.63) is 34.3 Å². The van der Waals surface area contributed by atoms with E-state index in [4.69, 9.17) is 16.3 Å². The van der Waals surface area contributed by atoms with E-state index in [9.17, 15) is 4.79 Å². The van der Waals surface area contributed by atoms with Gasteiger partial charge in [-0.05, 0) is 18.1 Å². The van der Waals surface area contributed by atoms with Crippen molar-refractivity contribution in [2.24, 2.45) is 5.92 Å². The van der Waals surface area contributed by atoms with Crippen LogP contribution in [0.1, 0.15) is 25.3 Å². The summed E-state index contributed by atoms with van der Waals surface area (Å²) in [6.45, 7) is 4.49. The number of halogens is 1. The molecule has 0 aliphatic carbocycles. The lowest BCUT2D eigenvalue weighted by molar-refractivity contribution is -0.116. The zero-order valence-electron chi connectivity index (χ0n) is 12.5. The Hall–Kier alpha value is -1.66. The van der Waals surface area contributed by atoms with Gasteiger partial charge in [-0.25, -0.2) is 0 Å². The highest BCUT2D eigenvalue weighted by atomic mass is 35.5. The summed E-state index contributed by atoms with van der Waals surface area (Å²) in [5.41, 5.74) is 0. The molecule has 22 heavy (non-hydrogen) atoms. The topological polar surface area (TPSA) is 64.1 Å². The van der Waals surface area contributed by atoms with Crippen LogP contribution in [0.3, 0.4) is 0 Å². The summed E-state index contributed by atoms with van der Waals surface area (Å²) >= 11 is 7.38. The van der Waals surface area contributed by atoms with Crippen molar-refractivity contribution in [1.29, 1.82) is 0 Å². The normalized spacial score (nSPS) is 10.7. The third-order valence-electron chi connectivity index (χ3n) is 2.72. The summed E-state index contributed by atoms with van der Waals surface area (Å²) in [4.78, 5) is 11.8. The van der Waals surface area contributed by atoms with E-state index in [0.717, 1.165) is 11.4 Å². The molecule has 0 saturated carbocycles. The summed E-state index contributed by atoms with van der Waals surface area (Å²) in [7, 11) is 0. The molecule has 118 valence electrons. The number of ether oxygens (including phenoxy) is 1. The largest absolute Gasteiger partial charge is 0.491 e. The first-order chi connectivity index (χ1) is 10.5. The van der Waals surface area contributed by atoms with E-state index in [2.05, 4.69) is 29.4 Å². The molecule has 0 fully saturated rings. The van der Waals surface area contributed by atoms with Crippen molar-refractivity contribution in [1.82, 2.24) is 10.2 Å². The van der Waals surface area contributed by atoms with E-state index in [-0.39, 0.29) is 18.9 Å². The maximum atomic E-state index is 11.8. The number of anilines is 1. The lowest BCUT2D eigenvalue weighted by atomic mass is 10.1. The lowest BCUT2D eigenvalue weighted by Crippen LogP contribution is -2.15. The predicted octanol–water partition coefficient (Wildman–Crippen LogP) is 3.80. The van der Waals surface area contributed by atoms with Gasteiger partial charge >= 0.3 is 0 Å². The Balaban J connectivity index is 1.76. The average molecular weight is 340 g/mol. The number of hydrogen-bond acceptors (Lipinski definition) is 5. The molecule has 1 heterocycles. The Labute approximate surface area is 138 Å². The highest BCUT2D eigenvalue weighted by molar-refractivity contribution is 7.15. The van der Waals surface area contributed by atoms with Gasteiger partial charge in [0.1, 0.15) is 10.8 Å². The smallest absolute Gasteiger partial charge is 0.229 e. The van der Waals surface area contributed by atoms with Gasteiger partial charge < -0.3 is 10.1 Å². The van der Waals surface area contributed by atoms with Gasteiger partial charge in [0.15, 0.2) is 0 Å². The molecule has 0 radical (unpaired) electrons. The van der Waals surface area contributed by atoms with Gasteiger partial charge in [0, 0.05) is 6.42 Å². The highest BCUT2D eigenvalue weighted by Gasteiger charge is 2.10. The van der Waals surface area contributed by atoms with E-state index in [1.807, 2.05) is 12.1 Å². The van der Waals surface area contributed by atoms with Crippen LogP contribution in [0.15, 0.2) is 24.3 Å². The fourth-order valence-corrected chi connectivity index (χ4v) is 2.89. The molecule has 1 N–H and O–H groups in total. The Bertz CT molecular complexity index is 631. The molecule has 1 aromatic heterocycles. The van der Waals surface area contributed by atoms with Crippen LogP contribution in [-0.4, -0.2) is 22.7 Å². The quantitative estimate of drug-likeness (QED) is 0.833. The van der Waals surface area contributed by atoms with Gasteiger partial charge in [0.05, 0.1) is 18.1 Å². The molecule has 0 aliphatic heterocycles. The Morgan fingerprint density at radius 3 is 2.86 bits per heavy atom. The van der Waals surface area contributed by atoms with Crippen LogP contribution in [0.25, 0.3) is 0 Å². The molecule has 1 amide bonds. The Kier molecular flexibility index (Phi) is 6.15. The minimum Gasteiger partial charge on any atom is -0.491 e. The van der Waals surface area contributed by atoms with E-state index >= 15 is 0 Å². The average Bonchev–Trinajstić information content (AvgIpc) is 2.87. The van der Waals surface area contributed by atoms with Crippen LogP contribution in [0, 0.1) is 5.92 Å². The molecule has 0 unspecified atom stereocenters. The SMILES string of the molecule is CC(C)Cc1nnc(NC(=O)CCOc2ccccc2Cl)s1. The summed E-state index contributed by atoms with van der Waals surface area (Å²) in [6.07, 6.45) is 1.09. The number of benzene rings is 1. The minimum absolute atomic E-state index is 0.153. The zero-order valence-corrected chi connectivity index (χ0v) is 14.1. The Morgan fingerprint density at radius 1 is 1.36 bits per heavy atom. The predicted molar refractivity (Wildman–Crippen MR) is 88.6 cm³/mol. The van der Waals surface area contributed by atoms with E-state index in [1.165, 1.54) is 11.3 Å². The van der Waals surface area contributed by atoms with Crippen molar-refractivity contribution >= 4 is 34.0 Å². The molecule has 1 aromatic carbocycles.